The van der Waals surface area contributed by atoms with Gasteiger partial charge < -0.3 is 9.47 Å². The molecule has 23 heavy (non-hydrogen) atoms. The molecule has 1 aromatic carbocycles. The maximum Gasteiger partial charge on any atom is 0.414 e. The molecule has 0 saturated carbocycles. The molecule has 0 bridgehead atoms. The lowest BCUT2D eigenvalue weighted by atomic mass is 10.1. The molecule has 1 aliphatic rings. The van der Waals surface area contributed by atoms with Crippen molar-refractivity contribution in [3.63, 3.8) is 0 Å². The van der Waals surface area contributed by atoms with E-state index in [1.165, 1.54) is 4.90 Å². The van der Waals surface area contributed by atoms with Gasteiger partial charge in [-0.15, -0.1) is 0 Å². The van der Waals surface area contributed by atoms with Gasteiger partial charge in [-0.05, 0) is 59.6 Å². The molecule has 2 rings (SSSR count). The average Bonchev–Trinajstić information content (AvgIpc) is 2.78. The second-order valence-electron chi connectivity index (χ2n) is 7.70. The number of carbonyl (C=O) groups excluding carboxylic acids is 2. The van der Waals surface area contributed by atoms with Crippen LogP contribution in [0.2, 0.25) is 0 Å². The smallest absolute Gasteiger partial charge is 0.414 e. The summed E-state index contributed by atoms with van der Waals surface area (Å²) >= 11 is 0. The van der Waals surface area contributed by atoms with Gasteiger partial charge in [-0.25, -0.2) is 9.59 Å². The highest BCUT2D eigenvalue weighted by Gasteiger charge is 2.33. The normalized spacial score (nSPS) is 14.4. The Labute approximate surface area is 137 Å². The first kappa shape index (κ1) is 17.3. The number of ether oxygens (including phenoxy) is 2. The van der Waals surface area contributed by atoms with Gasteiger partial charge in [0.1, 0.15) is 11.2 Å². The Balaban J connectivity index is 2.34. The third-order valence-electron chi connectivity index (χ3n) is 3.23. The summed E-state index contributed by atoms with van der Waals surface area (Å²) in [5.74, 6) is -0.426. The molecule has 0 aliphatic carbocycles. The Kier molecular flexibility index (Phi) is 4.42. The largest absolute Gasteiger partial charge is 0.456 e. The maximum atomic E-state index is 12.5. The van der Waals surface area contributed by atoms with Crippen LogP contribution in [-0.2, 0) is 15.9 Å². The van der Waals surface area contributed by atoms with E-state index in [0.29, 0.717) is 24.2 Å². The van der Waals surface area contributed by atoms with E-state index in [-0.39, 0.29) is 0 Å². The van der Waals surface area contributed by atoms with Crippen LogP contribution in [0.1, 0.15) is 57.5 Å². The van der Waals surface area contributed by atoms with Gasteiger partial charge >= 0.3 is 12.1 Å². The number of fused-ring (bicyclic) bond motifs is 1. The highest BCUT2D eigenvalue weighted by atomic mass is 16.6. The third kappa shape index (κ3) is 4.24. The number of esters is 1. The molecule has 1 amide bonds. The van der Waals surface area contributed by atoms with Crippen molar-refractivity contribution in [2.45, 2.75) is 59.2 Å². The molecule has 0 spiro atoms. The summed E-state index contributed by atoms with van der Waals surface area (Å²) in [7, 11) is 0. The Morgan fingerprint density at radius 2 is 1.61 bits per heavy atom. The SMILES string of the molecule is CC(C)(C)OC(=O)c1cccc2c1N(C(=O)OC(C)(C)C)CC2. The van der Waals surface area contributed by atoms with Crippen molar-refractivity contribution in [3.05, 3.63) is 29.3 Å². The Morgan fingerprint density at radius 3 is 2.17 bits per heavy atom. The molecule has 5 nitrogen and oxygen atoms in total. The number of carbonyl (C=O) groups is 2. The van der Waals surface area contributed by atoms with E-state index in [1.807, 2.05) is 53.7 Å². The van der Waals surface area contributed by atoms with Crippen LogP contribution in [0.4, 0.5) is 10.5 Å². The highest BCUT2D eigenvalue weighted by molar-refractivity contribution is 6.03. The van der Waals surface area contributed by atoms with Gasteiger partial charge in [-0.1, -0.05) is 12.1 Å². The molecule has 0 unspecified atom stereocenters. The Bertz CT molecular complexity index is 623. The number of amides is 1. The molecule has 0 radical (unpaired) electrons. The predicted molar refractivity (Wildman–Crippen MR) is 88.9 cm³/mol. The molecule has 1 aliphatic heterocycles. The third-order valence-corrected chi connectivity index (χ3v) is 3.23. The molecule has 1 aromatic rings. The van der Waals surface area contributed by atoms with E-state index in [1.54, 1.807) is 6.07 Å². The van der Waals surface area contributed by atoms with Crippen LogP contribution in [0.15, 0.2) is 18.2 Å². The van der Waals surface area contributed by atoms with E-state index < -0.39 is 23.3 Å². The van der Waals surface area contributed by atoms with Gasteiger partial charge in [0.2, 0.25) is 0 Å². The van der Waals surface area contributed by atoms with Crippen LogP contribution in [0, 0.1) is 0 Å². The standard InChI is InChI=1S/C18H25NO4/c1-17(2,3)22-15(20)13-9-7-8-12-10-11-19(14(12)13)16(21)23-18(4,5)6/h7-9H,10-11H2,1-6H3. The van der Waals surface area contributed by atoms with Gasteiger partial charge in [-0.2, -0.15) is 0 Å². The molecular formula is C18H25NO4. The van der Waals surface area contributed by atoms with E-state index in [0.717, 1.165) is 5.56 Å². The number of hydrogen-bond donors (Lipinski definition) is 0. The Morgan fingerprint density at radius 1 is 1.00 bits per heavy atom. The lowest BCUT2D eigenvalue weighted by molar-refractivity contribution is 0.00705. The number of nitrogens with zero attached hydrogens (tertiary/aromatic N) is 1. The van der Waals surface area contributed by atoms with Crippen molar-refractivity contribution in [1.82, 2.24) is 0 Å². The van der Waals surface area contributed by atoms with Crippen molar-refractivity contribution in [1.29, 1.82) is 0 Å². The molecule has 0 N–H and O–H groups in total. The second-order valence-corrected chi connectivity index (χ2v) is 7.70. The van der Waals surface area contributed by atoms with Gasteiger partial charge in [0.25, 0.3) is 0 Å². The quantitative estimate of drug-likeness (QED) is 0.736. The molecule has 0 atom stereocenters. The van der Waals surface area contributed by atoms with Crippen LogP contribution in [-0.4, -0.2) is 29.8 Å². The average molecular weight is 319 g/mol. The minimum atomic E-state index is -0.588. The topological polar surface area (TPSA) is 55.8 Å². The molecular weight excluding hydrogens is 294 g/mol. The zero-order valence-corrected chi connectivity index (χ0v) is 14.7. The molecule has 0 fully saturated rings. The number of hydrogen-bond acceptors (Lipinski definition) is 4. The van der Waals surface area contributed by atoms with E-state index in [9.17, 15) is 9.59 Å². The summed E-state index contributed by atoms with van der Waals surface area (Å²) in [5, 5.41) is 0. The van der Waals surface area contributed by atoms with Crippen molar-refractivity contribution < 1.29 is 19.1 Å². The number of para-hydroxylation sites is 1. The van der Waals surface area contributed by atoms with Crippen LogP contribution in [0.5, 0.6) is 0 Å². The minimum absolute atomic E-state index is 0.404. The lowest BCUT2D eigenvalue weighted by Crippen LogP contribution is -2.36. The van der Waals surface area contributed by atoms with E-state index >= 15 is 0 Å². The van der Waals surface area contributed by atoms with Gasteiger partial charge in [0, 0.05) is 6.54 Å². The first-order valence-electron chi connectivity index (χ1n) is 7.84. The van der Waals surface area contributed by atoms with Crippen LogP contribution < -0.4 is 4.90 Å². The van der Waals surface area contributed by atoms with Crippen molar-refractivity contribution in [3.8, 4) is 0 Å². The van der Waals surface area contributed by atoms with Crippen molar-refractivity contribution in [2.24, 2.45) is 0 Å². The summed E-state index contributed by atoms with van der Waals surface area (Å²) in [4.78, 5) is 26.4. The fraction of sp³-hybridized carbons (Fsp3) is 0.556. The Hall–Kier alpha value is -2.04. The van der Waals surface area contributed by atoms with Crippen molar-refractivity contribution in [2.75, 3.05) is 11.4 Å². The van der Waals surface area contributed by atoms with Crippen molar-refractivity contribution >= 4 is 17.7 Å². The second kappa shape index (κ2) is 5.87. The monoisotopic (exact) mass is 319 g/mol. The lowest BCUT2D eigenvalue weighted by Gasteiger charge is -2.26. The molecule has 5 heteroatoms. The predicted octanol–water partition coefficient (Wildman–Crippen LogP) is 3.94. The van der Waals surface area contributed by atoms with Gasteiger partial charge in [0.05, 0.1) is 11.3 Å². The first-order valence-corrected chi connectivity index (χ1v) is 7.84. The first-order chi connectivity index (χ1) is 10.5. The van der Waals surface area contributed by atoms with Gasteiger partial charge in [-0.3, -0.25) is 4.90 Å². The summed E-state index contributed by atoms with van der Waals surface area (Å²) in [6, 6.07) is 5.43. The van der Waals surface area contributed by atoms with E-state index in [4.69, 9.17) is 9.47 Å². The van der Waals surface area contributed by atoms with Crippen LogP contribution in [0.25, 0.3) is 0 Å². The summed E-state index contributed by atoms with van der Waals surface area (Å²) in [6.07, 6.45) is 0.262. The summed E-state index contributed by atoms with van der Waals surface area (Å²) in [6.45, 7) is 11.4. The maximum absolute atomic E-state index is 12.5. The van der Waals surface area contributed by atoms with Crippen LogP contribution in [0.3, 0.4) is 0 Å². The molecule has 0 aromatic heterocycles. The zero-order valence-electron chi connectivity index (χ0n) is 14.7. The van der Waals surface area contributed by atoms with Gasteiger partial charge in [0.15, 0.2) is 0 Å². The number of rotatable bonds is 1. The summed E-state index contributed by atoms with van der Waals surface area (Å²) in [5.41, 5.74) is 0.798. The summed E-state index contributed by atoms with van der Waals surface area (Å²) < 4.78 is 10.9. The minimum Gasteiger partial charge on any atom is -0.456 e. The molecule has 0 saturated heterocycles. The fourth-order valence-electron chi connectivity index (χ4n) is 2.45. The number of anilines is 1. The van der Waals surface area contributed by atoms with E-state index in [2.05, 4.69) is 0 Å². The fourth-order valence-corrected chi connectivity index (χ4v) is 2.45. The molecule has 126 valence electrons. The van der Waals surface area contributed by atoms with Crippen LogP contribution >= 0.6 is 0 Å². The molecule has 1 heterocycles. The highest BCUT2D eigenvalue weighted by Crippen LogP contribution is 2.34. The zero-order chi connectivity index (χ0) is 17.4. The number of benzene rings is 1.